The van der Waals surface area contributed by atoms with Crippen LogP contribution in [0.15, 0.2) is 54.0 Å². The van der Waals surface area contributed by atoms with E-state index in [4.69, 9.17) is 0 Å². The largest absolute Gasteiger partial charge is 0.336 e. The minimum atomic E-state index is -0.241. The second kappa shape index (κ2) is 7.84. The third-order valence-corrected chi connectivity index (χ3v) is 6.00. The van der Waals surface area contributed by atoms with Gasteiger partial charge in [0, 0.05) is 35.0 Å². The Bertz CT molecular complexity index is 1280. The van der Waals surface area contributed by atoms with Gasteiger partial charge in [-0.25, -0.2) is 14.5 Å². The van der Waals surface area contributed by atoms with E-state index in [1.165, 1.54) is 4.88 Å². The van der Waals surface area contributed by atoms with Gasteiger partial charge in [-0.3, -0.25) is 9.69 Å². The summed E-state index contributed by atoms with van der Waals surface area (Å²) >= 11 is 1.66. The molecule has 4 heterocycles. The van der Waals surface area contributed by atoms with Crippen molar-refractivity contribution in [3.63, 3.8) is 0 Å². The van der Waals surface area contributed by atoms with Gasteiger partial charge in [0.1, 0.15) is 0 Å². The number of benzene rings is 1. The molecule has 0 aliphatic carbocycles. The Kier molecular flexibility index (Phi) is 4.87. The van der Waals surface area contributed by atoms with Crippen molar-refractivity contribution in [3.05, 3.63) is 70.2 Å². The smallest absolute Gasteiger partial charge is 0.321 e. The summed E-state index contributed by atoms with van der Waals surface area (Å²) < 4.78 is 1.82. The average molecular weight is 433 g/mol. The second-order valence-corrected chi connectivity index (χ2v) is 8.35. The molecular weight excluding hydrogens is 412 g/mol. The quantitative estimate of drug-likeness (QED) is 0.504. The van der Waals surface area contributed by atoms with Crippen molar-refractivity contribution in [2.45, 2.75) is 13.5 Å². The second-order valence-electron chi connectivity index (χ2n) is 7.32. The van der Waals surface area contributed by atoms with Crippen molar-refractivity contribution in [1.82, 2.24) is 20.1 Å². The number of aromatic nitrogens is 3. The lowest BCUT2D eigenvalue weighted by Crippen LogP contribution is -2.27. The SMILES string of the molecule is Cc1cc(C(=O)Nc2cccc(N3CCNC3=O)c2)c2cnn(Cc3cccs3)c2n1. The highest BCUT2D eigenvalue weighted by Gasteiger charge is 2.22. The van der Waals surface area contributed by atoms with Crippen molar-refractivity contribution in [2.24, 2.45) is 0 Å². The van der Waals surface area contributed by atoms with Crippen LogP contribution < -0.4 is 15.5 Å². The Balaban J connectivity index is 1.44. The maximum Gasteiger partial charge on any atom is 0.321 e. The topological polar surface area (TPSA) is 92.2 Å². The highest BCUT2D eigenvalue weighted by atomic mass is 32.1. The van der Waals surface area contributed by atoms with Crippen molar-refractivity contribution in [1.29, 1.82) is 0 Å². The molecule has 0 bridgehead atoms. The Morgan fingerprint density at radius 3 is 2.94 bits per heavy atom. The molecule has 4 aromatic rings. The number of aryl methyl sites for hydroxylation is 1. The van der Waals surface area contributed by atoms with Gasteiger partial charge < -0.3 is 10.6 Å². The third-order valence-electron chi connectivity index (χ3n) is 5.14. The molecule has 0 saturated carbocycles. The lowest BCUT2D eigenvalue weighted by Gasteiger charge is -2.15. The molecule has 3 amide bonds. The summed E-state index contributed by atoms with van der Waals surface area (Å²) in [6.07, 6.45) is 1.69. The van der Waals surface area contributed by atoms with E-state index in [1.807, 2.05) is 35.2 Å². The van der Waals surface area contributed by atoms with Crippen molar-refractivity contribution in [2.75, 3.05) is 23.3 Å². The van der Waals surface area contributed by atoms with Gasteiger partial charge in [-0.2, -0.15) is 5.10 Å². The van der Waals surface area contributed by atoms with Crippen LogP contribution in [-0.2, 0) is 6.54 Å². The Labute approximate surface area is 182 Å². The summed E-state index contributed by atoms with van der Waals surface area (Å²) in [6, 6.07) is 13.0. The van der Waals surface area contributed by atoms with Gasteiger partial charge in [-0.1, -0.05) is 12.1 Å². The van der Waals surface area contributed by atoms with Gasteiger partial charge in [-0.05, 0) is 42.6 Å². The maximum atomic E-state index is 13.1. The number of amides is 3. The van der Waals surface area contributed by atoms with E-state index in [0.29, 0.717) is 41.9 Å². The van der Waals surface area contributed by atoms with Crippen LogP contribution in [0, 0.1) is 6.92 Å². The molecule has 0 atom stereocenters. The molecule has 9 heteroatoms. The van der Waals surface area contributed by atoms with Crippen LogP contribution in [0.5, 0.6) is 0 Å². The molecule has 1 saturated heterocycles. The van der Waals surface area contributed by atoms with Crippen molar-refractivity contribution >= 4 is 45.7 Å². The summed E-state index contributed by atoms with van der Waals surface area (Å²) in [5.41, 5.74) is 3.31. The van der Waals surface area contributed by atoms with Crippen molar-refractivity contribution in [3.8, 4) is 0 Å². The van der Waals surface area contributed by atoms with Crippen LogP contribution in [0.2, 0.25) is 0 Å². The number of nitrogens with zero attached hydrogens (tertiary/aromatic N) is 4. The number of nitrogens with one attached hydrogen (secondary N) is 2. The number of pyridine rings is 1. The van der Waals surface area contributed by atoms with E-state index >= 15 is 0 Å². The summed E-state index contributed by atoms with van der Waals surface area (Å²) in [5, 5.41) is 12.9. The molecule has 3 aromatic heterocycles. The fourth-order valence-electron chi connectivity index (χ4n) is 3.69. The number of thiophene rings is 1. The molecule has 156 valence electrons. The van der Waals surface area contributed by atoms with Crippen LogP contribution in [0.3, 0.4) is 0 Å². The zero-order chi connectivity index (χ0) is 21.4. The average Bonchev–Trinajstić information content (AvgIpc) is 3.50. The van der Waals surface area contributed by atoms with Gasteiger partial charge in [-0.15, -0.1) is 11.3 Å². The molecule has 0 spiro atoms. The summed E-state index contributed by atoms with van der Waals surface area (Å²) in [7, 11) is 0. The first-order valence-corrected chi connectivity index (χ1v) is 10.8. The van der Waals surface area contributed by atoms with Crippen LogP contribution >= 0.6 is 11.3 Å². The van der Waals surface area contributed by atoms with E-state index < -0.39 is 0 Å². The number of rotatable bonds is 5. The van der Waals surface area contributed by atoms with E-state index in [2.05, 4.69) is 26.8 Å². The van der Waals surface area contributed by atoms with Gasteiger partial charge in [0.25, 0.3) is 5.91 Å². The minimum absolute atomic E-state index is 0.131. The molecule has 1 fully saturated rings. The monoisotopic (exact) mass is 432 g/mol. The zero-order valence-electron chi connectivity index (χ0n) is 16.8. The molecule has 1 aliphatic rings. The number of carbonyl (C=O) groups is 2. The van der Waals surface area contributed by atoms with E-state index in [0.717, 1.165) is 11.4 Å². The predicted octanol–water partition coefficient (Wildman–Crippen LogP) is 3.63. The molecule has 31 heavy (non-hydrogen) atoms. The van der Waals surface area contributed by atoms with Gasteiger partial charge in [0.15, 0.2) is 5.65 Å². The van der Waals surface area contributed by atoms with Gasteiger partial charge >= 0.3 is 6.03 Å². The summed E-state index contributed by atoms with van der Waals surface area (Å²) in [6.45, 7) is 3.69. The Morgan fingerprint density at radius 1 is 1.26 bits per heavy atom. The van der Waals surface area contributed by atoms with Crippen molar-refractivity contribution < 1.29 is 9.59 Å². The fraction of sp³-hybridized carbons (Fsp3) is 0.182. The number of anilines is 2. The molecule has 8 nitrogen and oxygen atoms in total. The lowest BCUT2D eigenvalue weighted by atomic mass is 10.1. The van der Waals surface area contributed by atoms with E-state index in [9.17, 15) is 9.59 Å². The number of fused-ring (bicyclic) bond motifs is 1. The zero-order valence-corrected chi connectivity index (χ0v) is 17.6. The lowest BCUT2D eigenvalue weighted by molar-refractivity contribution is 0.102. The molecule has 1 aromatic carbocycles. The molecule has 1 aliphatic heterocycles. The number of urea groups is 1. The first-order valence-electron chi connectivity index (χ1n) is 9.91. The van der Waals surface area contributed by atoms with E-state index in [-0.39, 0.29) is 11.9 Å². The Hall–Kier alpha value is -3.72. The fourth-order valence-corrected chi connectivity index (χ4v) is 4.38. The molecular formula is C22H20N6O2S. The molecule has 5 rings (SSSR count). The van der Waals surface area contributed by atoms with E-state index in [1.54, 1.807) is 40.6 Å². The van der Waals surface area contributed by atoms with Crippen LogP contribution in [-0.4, -0.2) is 39.8 Å². The predicted molar refractivity (Wildman–Crippen MR) is 121 cm³/mol. The standard InChI is InChI=1S/C22H20N6O2S/c1-14-10-18(19-12-24-28(20(19)25-14)13-17-6-3-9-31-17)21(29)26-15-4-2-5-16(11-15)27-8-7-23-22(27)30/h2-6,9-12H,7-8,13H2,1H3,(H,23,30)(H,26,29). The molecule has 0 radical (unpaired) electrons. The number of hydrogen-bond donors (Lipinski definition) is 2. The Morgan fingerprint density at radius 2 is 2.16 bits per heavy atom. The summed E-state index contributed by atoms with van der Waals surface area (Å²) in [4.78, 5) is 32.5. The maximum absolute atomic E-state index is 13.1. The highest BCUT2D eigenvalue weighted by molar-refractivity contribution is 7.09. The van der Waals surface area contributed by atoms with Crippen LogP contribution in [0.1, 0.15) is 20.9 Å². The first-order chi connectivity index (χ1) is 15.1. The van der Waals surface area contributed by atoms with Gasteiger partial charge in [0.2, 0.25) is 0 Å². The molecule has 0 unspecified atom stereocenters. The summed E-state index contributed by atoms with van der Waals surface area (Å²) in [5.74, 6) is -0.241. The first kappa shape index (κ1) is 19.3. The normalized spacial score (nSPS) is 13.6. The van der Waals surface area contributed by atoms with Gasteiger partial charge in [0.05, 0.1) is 23.7 Å². The minimum Gasteiger partial charge on any atom is -0.336 e. The van der Waals surface area contributed by atoms with Crippen LogP contribution in [0.4, 0.5) is 16.2 Å². The number of carbonyl (C=O) groups excluding carboxylic acids is 2. The third kappa shape index (κ3) is 3.75. The number of hydrogen-bond acceptors (Lipinski definition) is 5. The molecule has 2 N–H and O–H groups in total. The van der Waals surface area contributed by atoms with Crippen LogP contribution in [0.25, 0.3) is 11.0 Å². The highest BCUT2D eigenvalue weighted by Crippen LogP contribution is 2.24.